The van der Waals surface area contributed by atoms with Crippen LogP contribution in [-0.2, 0) is 25.5 Å². The van der Waals surface area contributed by atoms with E-state index in [0.717, 1.165) is 16.7 Å². The van der Waals surface area contributed by atoms with E-state index in [2.05, 4.69) is 0 Å². The summed E-state index contributed by atoms with van der Waals surface area (Å²) in [7, 11) is 0. The lowest BCUT2D eigenvalue weighted by Gasteiger charge is -2.22. The van der Waals surface area contributed by atoms with E-state index in [1.807, 2.05) is 26.8 Å². The first-order chi connectivity index (χ1) is 21.2. The molecule has 0 heterocycles. The minimum absolute atomic E-state index is 0.0275. The van der Waals surface area contributed by atoms with Crippen molar-refractivity contribution in [1.82, 2.24) is 0 Å². The Kier molecular flexibility index (Phi) is 7.41. The van der Waals surface area contributed by atoms with E-state index in [4.69, 9.17) is 18.9 Å². The molecule has 2 aliphatic carbocycles. The molecule has 2 aliphatic rings. The zero-order valence-corrected chi connectivity index (χ0v) is 24.1. The molecule has 8 nitrogen and oxygen atoms in total. The molecule has 8 heteroatoms. The van der Waals surface area contributed by atoms with Crippen LogP contribution < -0.4 is 30.3 Å². The molecule has 44 heavy (non-hydrogen) atoms. The molecule has 0 saturated heterocycles. The van der Waals surface area contributed by atoms with Crippen LogP contribution in [0.25, 0.3) is 22.7 Å². The van der Waals surface area contributed by atoms with Gasteiger partial charge in [-0.25, -0.2) is 9.59 Å². The maximum absolute atomic E-state index is 14.1. The molecule has 0 unspecified atom stereocenters. The van der Waals surface area contributed by atoms with Gasteiger partial charge in [-0.3, -0.25) is 9.59 Å². The van der Waals surface area contributed by atoms with E-state index in [1.54, 1.807) is 84.9 Å². The molecule has 0 spiro atoms. The number of carbonyl (C=O) groups is 4. The first-order valence-corrected chi connectivity index (χ1v) is 14.0. The summed E-state index contributed by atoms with van der Waals surface area (Å²) < 4.78 is 21.8. The van der Waals surface area contributed by atoms with E-state index in [9.17, 15) is 19.2 Å². The van der Waals surface area contributed by atoms with Gasteiger partial charge in [0.25, 0.3) is 0 Å². The summed E-state index contributed by atoms with van der Waals surface area (Å²) in [6.07, 6.45) is -1.58. The third-order valence-electron chi connectivity index (χ3n) is 7.38. The van der Waals surface area contributed by atoms with Crippen LogP contribution in [0, 0.1) is 13.8 Å². The number of hydrogen-bond acceptors (Lipinski definition) is 8. The summed E-state index contributed by atoms with van der Waals surface area (Å²) in [5.74, 6) is -1.41. The minimum Gasteiger partial charge on any atom is -0.395 e. The summed E-state index contributed by atoms with van der Waals surface area (Å²) in [4.78, 5) is 54.0. The van der Waals surface area contributed by atoms with Crippen molar-refractivity contribution in [3.05, 3.63) is 129 Å². The highest BCUT2D eigenvalue weighted by molar-refractivity contribution is 6.58. The molecule has 0 amide bonds. The topological polar surface area (TPSA) is 105 Å². The number of ether oxygens (including phenoxy) is 4. The monoisotopic (exact) mass is 586 g/mol. The Morgan fingerprint density at radius 3 is 1.50 bits per heavy atom. The number of aryl methyl sites for hydroxylation is 3. The Balaban J connectivity index is 1.48. The summed E-state index contributed by atoms with van der Waals surface area (Å²) in [5, 5.41) is 1.16. The summed E-state index contributed by atoms with van der Waals surface area (Å²) in [6, 6.07) is 25.3. The molecule has 4 aromatic rings. The van der Waals surface area contributed by atoms with Gasteiger partial charge in [0.1, 0.15) is 11.5 Å². The van der Waals surface area contributed by atoms with Crippen molar-refractivity contribution in [2.24, 2.45) is 0 Å². The lowest BCUT2D eigenvalue weighted by molar-refractivity contribution is -0.112. The summed E-state index contributed by atoms with van der Waals surface area (Å²) in [6.45, 7) is 5.73. The molecule has 0 bridgehead atoms. The van der Waals surface area contributed by atoms with Crippen molar-refractivity contribution in [3.8, 4) is 11.5 Å². The second-order valence-electron chi connectivity index (χ2n) is 10.4. The molecule has 6 rings (SSSR count). The lowest BCUT2D eigenvalue weighted by Crippen LogP contribution is -2.48. The minimum atomic E-state index is -1.10. The van der Waals surface area contributed by atoms with Crippen molar-refractivity contribution < 1.29 is 38.1 Å². The van der Waals surface area contributed by atoms with Crippen LogP contribution >= 0.6 is 0 Å². The number of ketones is 2. The smallest absolute Gasteiger partial charge is 0.395 e. The molecule has 4 aromatic carbocycles. The fourth-order valence-electron chi connectivity index (χ4n) is 5.15. The van der Waals surface area contributed by atoms with Crippen molar-refractivity contribution in [2.75, 3.05) is 0 Å². The number of rotatable bonds is 5. The number of benzene rings is 4. The molecular formula is C36H26O8. The van der Waals surface area contributed by atoms with Gasteiger partial charge in [-0.15, -0.1) is 0 Å². The van der Waals surface area contributed by atoms with Gasteiger partial charge in [0.15, 0.2) is 11.5 Å². The van der Waals surface area contributed by atoms with Crippen LogP contribution in [0.3, 0.4) is 0 Å². The standard InChI is InChI=1S/C36H26O8/c1-4-22-13-18-26-28(19-22)34(44-36(40)42-24-16-11-21(3)12-17-24)32(38)29-25-7-5-6-8-27(25)33(31(37)30(26)29)43-35(39)41-23-14-9-20(2)10-15-23/h5-19H,4H2,1-3H3. The quantitative estimate of drug-likeness (QED) is 0.258. The summed E-state index contributed by atoms with van der Waals surface area (Å²) >= 11 is 0. The molecule has 0 aliphatic heterocycles. The second-order valence-corrected chi connectivity index (χ2v) is 10.4. The van der Waals surface area contributed by atoms with Crippen LogP contribution in [0.1, 0.15) is 23.6 Å². The normalized spacial score (nSPS) is 13.5. The number of fused-ring (bicyclic) bond motifs is 3. The van der Waals surface area contributed by atoms with Crippen LogP contribution in [0.4, 0.5) is 9.59 Å². The van der Waals surface area contributed by atoms with Gasteiger partial charge in [0.2, 0.25) is 11.6 Å². The zero-order chi connectivity index (χ0) is 31.0. The van der Waals surface area contributed by atoms with Gasteiger partial charge in [-0.05, 0) is 66.6 Å². The first kappa shape index (κ1) is 28.4. The van der Waals surface area contributed by atoms with E-state index < -0.39 is 23.9 Å². The predicted molar refractivity (Wildman–Crippen MR) is 161 cm³/mol. The lowest BCUT2D eigenvalue weighted by atomic mass is 9.83. The van der Waals surface area contributed by atoms with Gasteiger partial charge in [0.05, 0.1) is 0 Å². The Bertz CT molecular complexity index is 2120. The van der Waals surface area contributed by atoms with E-state index in [0.29, 0.717) is 16.9 Å². The molecule has 0 radical (unpaired) electrons. The van der Waals surface area contributed by atoms with Gasteiger partial charge < -0.3 is 18.9 Å². The molecule has 0 aromatic heterocycles. The molecule has 0 N–H and O–H groups in total. The van der Waals surface area contributed by atoms with Gasteiger partial charge in [-0.1, -0.05) is 78.7 Å². The SMILES string of the molecule is CCc1ccc2c(c1)=C(OC(=O)Oc1ccc(C)cc1)C(=O)C1=c3ccccc3=C(OC(=O)Oc3ccc(C)cc3)C(=O)C=21. The highest BCUT2D eigenvalue weighted by Gasteiger charge is 2.37. The van der Waals surface area contributed by atoms with Crippen LogP contribution in [0.5, 0.6) is 11.5 Å². The van der Waals surface area contributed by atoms with Crippen LogP contribution in [-0.4, -0.2) is 23.9 Å². The number of Topliss-reactive ketones (excluding diaryl/α,β-unsaturated/α-hetero) is 2. The molecule has 0 atom stereocenters. The van der Waals surface area contributed by atoms with Gasteiger partial charge in [-0.2, -0.15) is 0 Å². The highest BCUT2D eigenvalue weighted by Crippen LogP contribution is 2.27. The Morgan fingerprint density at radius 2 is 1.00 bits per heavy atom. The molecule has 218 valence electrons. The van der Waals surface area contributed by atoms with E-state index in [-0.39, 0.29) is 44.6 Å². The molecule has 0 fully saturated rings. The Labute approximate surface area is 251 Å². The van der Waals surface area contributed by atoms with Crippen molar-refractivity contribution in [1.29, 1.82) is 0 Å². The van der Waals surface area contributed by atoms with Crippen molar-refractivity contribution in [3.63, 3.8) is 0 Å². The maximum Gasteiger partial charge on any atom is 0.519 e. The van der Waals surface area contributed by atoms with Crippen LogP contribution in [0.2, 0.25) is 0 Å². The Hall–Kier alpha value is -5.76. The largest absolute Gasteiger partial charge is 0.519 e. The summed E-state index contributed by atoms with van der Waals surface area (Å²) in [5.41, 5.74) is 2.86. The van der Waals surface area contributed by atoms with Crippen LogP contribution in [0.15, 0.2) is 91.0 Å². The zero-order valence-electron chi connectivity index (χ0n) is 24.1. The number of hydrogen-bond donors (Lipinski definition) is 0. The fraction of sp³-hybridized carbons (Fsp3) is 0.111. The third-order valence-corrected chi connectivity index (χ3v) is 7.38. The van der Waals surface area contributed by atoms with Crippen molar-refractivity contribution >= 4 is 46.5 Å². The fourth-order valence-corrected chi connectivity index (χ4v) is 5.15. The predicted octanol–water partition coefficient (Wildman–Crippen LogP) is 3.68. The highest BCUT2D eigenvalue weighted by atomic mass is 16.7. The average molecular weight is 587 g/mol. The molecule has 0 saturated carbocycles. The van der Waals surface area contributed by atoms with Crippen molar-refractivity contribution in [2.45, 2.75) is 27.2 Å². The average Bonchev–Trinajstić information content (AvgIpc) is 3.02. The van der Waals surface area contributed by atoms with E-state index in [1.165, 1.54) is 0 Å². The maximum atomic E-state index is 14.1. The molecular weight excluding hydrogens is 560 g/mol. The van der Waals surface area contributed by atoms with Gasteiger partial charge in [0, 0.05) is 21.6 Å². The van der Waals surface area contributed by atoms with E-state index >= 15 is 0 Å². The first-order valence-electron chi connectivity index (χ1n) is 14.0. The third kappa shape index (κ3) is 5.29. The van der Waals surface area contributed by atoms with Gasteiger partial charge >= 0.3 is 12.3 Å². The Morgan fingerprint density at radius 1 is 0.545 bits per heavy atom. The second kappa shape index (κ2) is 11.5. The number of carbonyl (C=O) groups excluding carboxylic acids is 4.